The van der Waals surface area contributed by atoms with Crippen molar-refractivity contribution in [2.75, 3.05) is 17.7 Å². The molecule has 0 saturated carbocycles. The summed E-state index contributed by atoms with van der Waals surface area (Å²) in [7, 11) is -2.45. The molecule has 176 valence electrons. The molecule has 0 atom stereocenters. The molecule has 0 bridgehead atoms. The molecule has 4 rings (SSSR count). The van der Waals surface area contributed by atoms with E-state index in [1.807, 2.05) is 0 Å². The maximum Gasteiger partial charge on any atom is 0.333 e. The predicted octanol–water partition coefficient (Wildman–Crippen LogP) is 4.45. The highest BCUT2D eigenvalue weighted by molar-refractivity contribution is 7.92. The van der Waals surface area contributed by atoms with Gasteiger partial charge in [0.1, 0.15) is 16.2 Å². The minimum Gasteiger partial charge on any atom is -0.388 e. The first-order valence-electron chi connectivity index (χ1n) is 9.37. The number of benzene rings is 2. The lowest BCUT2D eigenvalue weighted by Gasteiger charge is -2.13. The summed E-state index contributed by atoms with van der Waals surface area (Å²) in [6, 6.07) is 8.45. The van der Waals surface area contributed by atoms with Crippen LogP contribution in [0.25, 0.3) is 16.6 Å². The Morgan fingerprint density at radius 3 is 2.53 bits per heavy atom. The Bertz CT molecular complexity index is 1580. The second kappa shape index (κ2) is 9.22. The quantitative estimate of drug-likeness (QED) is 0.343. The van der Waals surface area contributed by atoms with Gasteiger partial charge in [0.2, 0.25) is 0 Å². The Hall–Kier alpha value is -3.19. The third-order valence-electron chi connectivity index (χ3n) is 4.60. The van der Waals surface area contributed by atoms with Gasteiger partial charge < -0.3 is 10.6 Å². The number of anilines is 2. The maximum absolute atomic E-state index is 15.0. The first-order valence-corrected chi connectivity index (χ1v) is 12.4. The molecule has 0 radical (unpaired) electrons. The average Bonchev–Trinajstić information content (AvgIpc) is 3.21. The normalized spacial score (nSPS) is 11.4. The van der Waals surface area contributed by atoms with Crippen molar-refractivity contribution >= 4 is 72.9 Å². The Balaban J connectivity index is 1.62. The van der Waals surface area contributed by atoms with E-state index in [0.29, 0.717) is 5.52 Å². The van der Waals surface area contributed by atoms with E-state index < -0.39 is 27.4 Å². The molecule has 4 aromatic rings. The highest BCUT2D eigenvalue weighted by Gasteiger charge is 2.21. The lowest BCUT2D eigenvalue weighted by atomic mass is 10.2. The number of rotatable bonds is 5. The van der Waals surface area contributed by atoms with E-state index in [9.17, 15) is 22.4 Å². The Morgan fingerprint density at radius 1 is 1.12 bits per heavy atom. The second-order valence-electron chi connectivity index (χ2n) is 6.81. The maximum atomic E-state index is 15.0. The van der Waals surface area contributed by atoms with Crippen LogP contribution in [0.1, 0.15) is 0 Å². The lowest BCUT2D eigenvalue weighted by Crippen LogP contribution is -2.34. The van der Waals surface area contributed by atoms with Crippen LogP contribution in [0.3, 0.4) is 0 Å². The first-order chi connectivity index (χ1) is 16.1. The Labute approximate surface area is 206 Å². The van der Waals surface area contributed by atoms with Crippen molar-refractivity contribution in [2.45, 2.75) is 4.21 Å². The number of fused-ring (bicyclic) bond motifs is 1. The Kier molecular flexibility index (Phi) is 6.49. The Morgan fingerprint density at radius 2 is 1.88 bits per heavy atom. The van der Waals surface area contributed by atoms with Crippen LogP contribution in [0.2, 0.25) is 9.36 Å². The van der Waals surface area contributed by atoms with Crippen LogP contribution in [-0.4, -0.2) is 31.0 Å². The zero-order valence-corrected chi connectivity index (χ0v) is 20.2. The van der Waals surface area contributed by atoms with Crippen molar-refractivity contribution in [1.82, 2.24) is 14.3 Å². The number of aromatic nitrogens is 2. The summed E-state index contributed by atoms with van der Waals surface area (Å²) in [5.41, 5.74) is 0.203. The van der Waals surface area contributed by atoms with Gasteiger partial charge >= 0.3 is 6.03 Å². The summed E-state index contributed by atoms with van der Waals surface area (Å²) in [6.07, 6.45) is 1.15. The number of thiophene rings is 1. The van der Waals surface area contributed by atoms with Gasteiger partial charge in [-0.1, -0.05) is 23.2 Å². The highest BCUT2D eigenvalue weighted by Crippen LogP contribution is 2.28. The molecule has 0 saturated heterocycles. The van der Waals surface area contributed by atoms with E-state index in [1.165, 1.54) is 18.2 Å². The van der Waals surface area contributed by atoms with E-state index in [1.54, 1.807) is 30.0 Å². The van der Waals surface area contributed by atoms with Gasteiger partial charge in [-0.15, -0.1) is 11.3 Å². The SMILES string of the molecule is CNc1ccc2c(=O)n(-c3c(F)cc(NC(=O)NS(=O)(=O)c4ccc(Cl)s4)cc3Cl)cnc2c1. The van der Waals surface area contributed by atoms with Crippen LogP contribution in [0.5, 0.6) is 0 Å². The second-order valence-corrected chi connectivity index (χ2v) is 10.8. The summed E-state index contributed by atoms with van der Waals surface area (Å²) in [5, 5.41) is 5.17. The van der Waals surface area contributed by atoms with E-state index in [0.717, 1.165) is 34.0 Å². The minimum atomic E-state index is -4.17. The van der Waals surface area contributed by atoms with E-state index >= 15 is 0 Å². The van der Waals surface area contributed by atoms with Crippen LogP contribution in [-0.2, 0) is 10.0 Å². The number of carbonyl (C=O) groups is 1. The lowest BCUT2D eigenvalue weighted by molar-refractivity contribution is 0.256. The van der Waals surface area contributed by atoms with E-state index in [-0.39, 0.29) is 30.3 Å². The minimum absolute atomic E-state index is 0.136. The first kappa shape index (κ1) is 24.0. The van der Waals surface area contributed by atoms with E-state index in [2.05, 4.69) is 15.6 Å². The van der Waals surface area contributed by atoms with Crippen molar-refractivity contribution < 1.29 is 17.6 Å². The number of hydrogen-bond acceptors (Lipinski definition) is 7. The van der Waals surface area contributed by atoms with Gasteiger partial charge in [-0.25, -0.2) is 27.3 Å². The monoisotopic (exact) mass is 541 g/mol. The number of halogens is 3. The topological polar surface area (TPSA) is 122 Å². The van der Waals surface area contributed by atoms with Gasteiger partial charge in [0, 0.05) is 18.4 Å². The molecule has 34 heavy (non-hydrogen) atoms. The fourth-order valence-electron chi connectivity index (χ4n) is 3.08. The summed E-state index contributed by atoms with van der Waals surface area (Å²) in [4.78, 5) is 29.3. The van der Waals surface area contributed by atoms with Crippen LogP contribution in [0.15, 0.2) is 57.8 Å². The van der Waals surface area contributed by atoms with Crippen LogP contribution in [0.4, 0.5) is 20.6 Å². The molecule has 9 nitrogen and oxygen atoms in total. The predicted molar refractivity (Wildman–Crippen MR) is 131 cm³/mol. The molecule has 2 aromatic carbocycles. The zero-order chi connectivity index (χ0) is 24.6. The number of amides is 2. The number of urea groups is 1. The third-order valence-corrected chi connectivity index (χ3v) is 7.95. The van der Waals surface area contributed by atoms with Crippen LogP contribution in [0, 0.1) is 5.82 Å². The standard InChI is InChI=1S/C20H14Cl2FN5O4S2/c1-24-10-2-3-12-15(8-10)25-9-28(19(12)29)18-13(21)6-11(7-14(18)23)26-20(30)27-34(31,32)17-5-4-16(22)33-17/h2-9,24H,1H3,(H2,26,27,30). The molecule has 3 N–H and O–H groups in total. The van der Waals surface area contributed by atoms with Gasteiger partial charge in [0.15, 0.2) is 5.82 Å². The van der Waals surface area contributed by atoms with Gasteiger partial charge in [-0.05, 0) is 42.5 Å². The summed E-state index contributed by atoms with van der Waals surface area (Å²) in [5.74, 6) is -0.939. The molecule has 0 unspecified atom stereocenters. The number of carbonyl (C=O) groups excluding carboxylic acids is 1. The van der Waals surface area contributed by atoms with Gasteiger partial charge in [0.25, 0.3) is 15.6 Å². The molecule has 0 fully saturated rings. The largest absolute Gasteiger partial charge is 0.388 e. The summed E-state index contributed by atoms with van der Waals surface area (Å²) >= 11 is 12.7. The highest BCUT2D eigenvalue weighted by atomic mass is 35.5. The average molecular weight is 542 g/mol. The molecule has 2 aromatic heterocycles. The molecule has 2 heterocycles. The van der Waals surface area contributed by atoms with Crippen molar-refractivity contribution in [1.29, 1.82) is 0 Å². The number of nitrogens with zero attached hydrogens (tertiary/aromatic N) is 2. The molecule has 0 aliphatic heterocycles. The molecular formula is C20H14Cl2FN5O4S2. The third kappa shape index (κ3) is 4.71. The molecule has 0 aliphatic rings. The molecule has 14 heteroatoms. The fourth-order valence-corrected chi connectivity index (χ4v) is 5.76. The fraction of sp³-hybridized carbons (Fsp3) is 0.0500. The number of hydrogen-bond donors (Lipinski definition) is 3. The van der Waals surface area contributed by atoms with Gasteiger partial charge in [-0.3, -0.25) is 9.36 Å². The van der Waals surface area contributed by atoms with Crippen molar-refractivity contribution in [3.8, 4) is 5.69 Å². The molecule has 0 aliphatic carbocycles. The van der Waals surface area contributed by atoms with Crippen molar-refractivity contribution in [3.63, 3.8) is 0 Å². The summed E-state index contributed by atoms with van der Waals surface area (Å²) < 4.78 is 42.2. The zero-order valence-electron chi connectivity index (χ0n) is 17.1. The van der Waals surface area contributed by atoms with Crippen LogP contribution >= 0.6 is 34.5 Å². The van der Waals surface area contributed by atoms with Crippen molar-refractivity contribution in [2.24, 2.45) is 0 Å². The number of sulfonamides is 1. The van der Waals surface area contributed by atoms with Gasteiger partial charge in [0.05, 0.1) is 20.3 Å². The molecular weight excluding hydrogens is 528 g/mol. The molecule has 2 amide bonds. The summed E-state index contributed by atoms with van der Waals surface area (Å²) in [6.45, 7) is 0. The smallest absolute Gasteiger partial charge is 0.333 e. The number of nitrogens with one attached hydrogen (secondary N) is 3. The molecule has 0 spiro atoms. The van der Waals surface area contributed by atoms with Crippen LogP contribution < -0.4 is 20.9 Å². The van der Waals surface area contributed by atoms with E-state index in [4.69, 9.17) is 23.2 Å². The van der Waals surface area contributed by atoms with Crippen molar-refractivity contribution in [3.05, 3.63) is 74.3 Å². The van der Waals surface area contributed by atoms with Gasteiger partial charge in [-0.2, -0.15) is 0 Å².